The van der Waals surface area contributed by atoms with Gasteiger partial charge in [0.25, 0.3) is 0 Å². The van der Waals surface area contributed by atoms with Gasteiger partial charge in [-0.2, -0.15) is 0 Å². The van der Waals surface area contributed by atoms with Crippen LogP contribution in [0.15, 0.2) is 4.99 Å². The Morgan fingerprint density at radius 1 is 0.938 bits per heavy atom. The Kier molecular flexibility index (Phi) is 13.7. The molecule has 0 amide bonds. The molecule has 0 aliphatic carbocycles. The second kappa shape index (κ2) is 14.3. The Morgan fingerprint density at radius 2 is 1.56 bits per heavy atom. The molecule has 0 radical (unpaired) electrons. The van der Waals surface area contributed by atoms with Crippen LogP contribution in [0, 0.1) is 0 Å². The summed E-state index contributed by atoms with van der Waals surface area (Å²) in [6.07, 6.45) is 11.1. The third-order valence-corrected chi connectivity index (χ3v) is 2.52. The van der Waals surface area contributed by atoms with Gasteiger partial charge in [-0.05, 0) is 25.7 Å². The van der Waals surface area contributed by atoms with E-state index < -0.39 is 0 Å². The average molecular weight is 227 g/mol. The molecule has 0 aliphatic heterocycles. The van der Waals surface area contributed by atoms with E-state index in [9.17, 15) is 4.79 Å². The first kappa shape index (κ1) is 15.3. The van der Waals surface area contributed by atoms with Crippen LogP contribution in [0.2, 0.25) is 0 Å². The predicted octanol–water partition coefficient (Wildman–Crippen LogP) is 3.48. The van der Waals surface area contributed by atoms with Crippen LogP contribution < -0.4 is 0 Å². The van der Waals surface area contributed by atoms with E-state index in [-0.39, 0.29) is 0 Å². The van der Waals surface area contributed by atoms with Crippen LogP contribution in [0.5, 0.6) is 0 Å². The Hall–Kier alpha value is -0.660. The summed E-state index contributed by atoms with van der Waals surface area (Å²) < 4.78 is 5.51. The predicted molar refractivity (Wildman–Crippen MR) is 66.4 cm³/mol. The molecule has 16 heavy (non-hydrogen) atoms. The van der Waals surface area contributed by atoms with E-state index in [0.29, 0.717) is 6.54 Å². The van der Waals surface area contributed by atoms with Gasteiger partial charge in [0.1, 0.15) is 0 Å². The zero-order valence-corrected chi connectivity index (χ0v) is 10.5. The van der Waals surface area contributed by atoms with Crippen molar-refractivity contribution in [2.75, 3.05) is 19.8 Å². The molecule has 0 saturated heterocycles. The van der Waals surface area contributed by atoms with Crippen LogP contribution in [-0.4, -0.2) is 25.8 Å². The Labute approximate surface area is 99.3 Å². The molecule has 0 fully saturated rings. The monoisotopic (exact) mass is 227 g/mol. The first-order valence-electron chi connectivity index (χ1n) is 6.53. The maximum Gasteiger partial charge on any atom is 0.234 e. The summed E-state index contributed by atoms with van der Waals surface area (Å²) in [6.45, 7) is 4.58. The van der Waals surface area contributed by atoms with Gasteiger partial charge in [0.2, 0.25) is 6.08 Å². The summed E-state index contributed by atoms with van der Waals surface area (Å²) in [4.78, 5) is 13.3. The van der Waals surface area contributed by atoms with Crippen molar-refractivity contribution in [1.82, 2.24) is 0 Å². The molecule has 0 aromatic carbocycles. The number of isocyanates is 1. The zero-order chi connectivity index (χ0) is 11.9. The molecule has 3 heteroatoms. The van der Waals surface area contributed by atoms with Gasteiger partial charge in [0, 0.05) is 13.2 Å². The standard InChI is InChI=1S/C13H25NO2/c1-2-3-4-5-8-11-16-12-9-6-7-10-14-13-15/h2-12H2,1H3. The minimum atomic E-state index is 0.612. The number of nitrogens with zero attached hydrogens (tertiary/aromatic N) is 1. The van der Waals surface area contributed by atoms with Gasteiger partial charge in [-0.3, -0.25) is 0 Å². The minimum Gasteiger partial charge on any atom is -0.381 e. The van der Waals surface area contributed by atoms with Crippen molar-refractivity contribution in [1.29, 1.82) is 0 Å². The molecular formula is C13H25NO2. The Balaban J connectivity index is 2.90. The lowest BCUT2D eigenvalue weighted by molar-refractivity contribution is 0.126. The van der Waals surface area contributed by atoms with Crippen molar-refractivity contribution < 1.29 is 9.53 Å². The lowest BCUT2D eigenvalue weighted by Crippen LogP contribution is -1.97. The van der Waals surface area contributed by atoms with Gasteiger partial charge < -0.3 is 4.74 Å². The molecule has 0 aromatic rings. The first-order chi connectivity index (χ1) is 7.91. The summed E-state index contributed by atoms with van der Waals surface area (Å²) in [5.41, 5.74) is 0. The lowest BCUT2D eigenvalue weighted by atomic mass is 10.2. The van der Waals surface area contributed by atoms with Gasteiger partial charge in [0.05, 0.1) is 6.54 Å². The summed E-state index contributed by atoms with van der Waals surface area (Å²) in [6, 6.07) is 0. The average Bonchev–Trinajstić information content (AvgIpc) is 2.31. The molecule has 3 nitrogen and oxygen atoms in total. The fourth-order valence-electron chi connectivity index (χ4n) is 1.53. The fraction of sp³-hybridized carbons (Fsp3) is 0.923. The van der Waals surface area contributed by atoms with Crippen molar-refractivity contribution in [2.24, 2.45) is 4.99 Å². The highest BCUT2D eigenvalue weighted by molar-refractivity contribution is 5.32. The van der Waals surface area contributed by atoms with Gasteiger partial charge in [-0.15, -0.1) is 0 Å². The highest BCUT2D eigenvalue weighted by Gasteiger charge is 1.91. The number of hydrogen-bond donors (Lipinski definition) is 0. The van der Waals surface area contributed by atoms with Crippen LogP contribution in [0.3, 0.4) is 0 Å². The molecule has 0 aliphatic rings. The van der Waals surface area contributed by atoms with Crippen molar-refractivity contribution in [3.8, 4) is 0 Å². The van der Waals surface area contributed by atoms with E-state index in [2.05, 4.69) is 11.9 Å². The Morgan fingerprint density at radius 3 is 2.19 bits per heavy atom. The van der Waals surface area contributed by atoms with Crippen molar-refractivity contribution >= 4 is 6.08 Å². The van der Waals surface area contributed by atoms with Crippen molar-refractivity contribution in [3.05, 3.63) is 0 Å². The number of aliphatic imine (C=N–C) groups is 1. The smallest absolute Gasteiger partial charge is 0.234 e. The number of ether oxygens (including phenoxy) is 1. The number of rotatable bonds is 12. The number of hydrogen-bond acceptors (Lipinski definition) is 3. The topological polar surface area (TPSA) is 38.7 Å². The SMILES string of the molecule is CCCCCCCOCCCCCN=C=O. The fourth-order valence-corrected chi connectivity index (χ4v) is 1.53. The third kappa shape index (κ3) is 13.3. The molecule has 0 N–H and O–H groups in total. The highest BCUT2D eigenvalue weighted by Crippen LogP contribution is 2.03. The summed E-state index contributed by atoms with van der Waals surface area (Å²) in [5, 5.41) is 0. The van der Waals surface area contributed by atoms with Gasteiger partial charge in [-0.25, -0.2) is 9.79 Å². The molecule has 0 saturated carbocycles. The van der Waals surface area contributed by atoms with E-state index in [4.69, 9.17) is 4.74 Å². The lowest BCUT2D eigenvalue weighted by Gasteiger charge is -2.03. The van der Waals surface area contributed by atoms with E-state index in [0.717, 1.165) is 32.5 Å². The molecule has 0 heterocycles. The van der Waals surface area contributed by atoms with Crippen LogP contribution in [0.25, 0.3) is 0 Å². The van der Waals surface area contributed by atoms with Gasteiger partial charge >= 0.3 is 0 Å². The maximum absolute atomic E-state index is 9.77. The van der Waals surface area contributed by atoms with Crippen LogP contribution in [0.1, 0.15) is 58.3 Å². The Bertz CT molecular complexity index is 177. The maximum atomic E-state index is 9.77. The van der Waals surface area contributed by atoms with E-state index >= 15 is 0 Å². The van der Waals surface area contributed by atoms with E-state index in [1.165, 1.54) is 32.1 Å². The van der Waals surface area contributed by atoms with Gasteiger partial charge in [-0.1, -0.05) is 32.6 Å². The third-order valence-electron chi connectivity index (χ3n) is 2.52. The van der Waals surface area contributed by atoms with Crippen molar-refractivity contribution in [2.45, 2.75) is 58.3 Å². The molecule has 0 spiro atoms. The second-order valence-corrected chi connectivity index (χ2v) is 4.06. The van der Waals surface area contributed by atoms with E-state index in [1.807, 2.05) is 0 Å². The van der Waals surface area contributed by atoms with Crippen molar-refractivity contribution in [3.63, 3.8) is 0 Å². The molecule has 0 rings (SSSR count). The summed E-state index contributed by atoms with van der Waals surface area (Å²) in [5.74, 6) is 0. The van der Waals surface area contributed by atoms with Crippen LogP contribution in [-0.2, 0) is 9.53 Å². The number of unbranched alkanes of at least 4 members (excludes halogenated alkanes) is 6. The molecule has 0 atom stereocenters. The minimum absolute atomic E-state index is 0.612. The van der Waals surface area contributed by atoms with Gasteiger partial charge in [0.15, 0.2) is 0 Å². The molecule has 0 unspecified atom stereocenters. The van der Waals surface area contributed by atoms with E-state index in [1.54, 1.807) is 6.08 Å². The summed E-state index contributed by atoms with van der Waals surface area (Å²) in [7, 11) is 0. The molecule has 0 bridgehead atoms. The summed E-state index contributed by atoms with van der Waals surface area (Å²) >= 11 is 0. The highest BCUT2D eigenvalue weighted by atomic mass is 16.5. The van der Waals surface area contributed by atoms with Crippen LogP contribution >= 0.6 is 0 Å². The largest absolute Gasteiger partial charge is 0.381 e. The molecular weight excluding hydrogens is 202 g/mol. The second-order valence-electron chi connectivity index (χ2n) is 4.06. The van der Waals surface area contributed by atoms with Crippen LogP contribution in [0.4, 0.5) is 0 Å². The number of carbonyl (C=O) groups excluding carboxylic acids is 1. The first-order valence-corrected chi connectivity index (χ1v) is 6.53. The molecule has 94 valence electrons. The normalized spacial score (nSPS) is 10.1. The zero-order valence-electron chi connectivity index (χ0n) is 10.5. The quantitative estimate of drug-likeness (QED) is 0.291. The molecule has 0 aromatic heterocycles.